The lowest BCUT2D eigenvalue weighted by Gasteiger charge is -2.24. The lowest BCUT2D eigenvalue weighted by Crippen LogP contribution is -2.26. The number of aromatic amines is 1. The molecule has 1 atom stereocenters. The molecular formula is C23H24N2. The van der Waals surface area contributed by atoms with Crippen molar-refractivity contribution < 1.29 is 0 Å². The third-order valence-electron chi connectivity index (χ3n) is 5.13. The molecule has 1 aromatic heterocycles. The van der Waals surface area contributed by atoms with E-state index in [1.165, 1.54) is 33.3 Å². The smallest absolute Gasteiger partial charge is 0.0462 e. The maximum atomic E-state index is 4.14. The van der Waals surface area contributed by atoms with Gasteiger partial charge in [0.25, 0.3) is 0 Å². The molecule has 0 saturated carbocycles. The monoisotopic (exact) mass is 328 g/mol. The van der Waals surface area contributed by atoms with Crippen LogP contribution in [0.4, 0.5) is 0 Å². The van der Waals surface area contributed by atoms with E-state index >= 15 is 0 Å². The van der Waals surface area contributed by atoms with E-state index < -0.39 is 0 Å². The minimum absolute atomic E-state index is 0.330. The van der Waals surface area contributed by atoms with Crippen molar-refractivity contribution in [2.75, 3.05) is 6.54 Å². The van der Waals surface area contributed by atoms with Crippen molar-refractivity contribution in [2.45, 2.75) is 25.4 Å². The van der Waals surface area contributed by atoms with Crippen LogP contribution in [-0.4, -0.2) is 16.4 Å². The summed E-state index contributed by atoms with van der Waals surface area (Å²) in [6.45, 7) is 11.0. The van der Waals surface area contributed by atoms with Gasteiger partial charge in [-0.3, -0.25) is 4.90 Å². The number of H-pyrrole nitrogens is 1. The summed E-state index contributed by atoms with van der Waals surface area (Å²) in [7, 11) is 0. The fourth-order valence-corrected chi connectivity index (χ4v) is 4.08. The molecule has 126 valence electrons. The van der Waals surface area contributed by atoms with Gasteiger partial charge in [0, 0.05) is 48.6 Å². The van der Waals surface area contributed by atoms with E-state index in [4.69, 9.17) is 0 Å². The lowest BCUT2D eigenvalue weighted by atomic mass is 9.94. The second kappa shape index (κ2) is 6.73. The predicted molar refractivity (Wildman–Crippen MR) is 106 cm³/mol. The minimum Gasteiger partial charge on any atom is -0.358 e. The molecule has 2 aromatic carbocycles. The Hall–Kier alpha value is -2.58. The van der Waals surface area contributed by atoms with E-state index in [0.29, 0.717) is 5.92 Å². The highest BCUT2D eigenvalue weighted by Crippen LogP contribution is 2.37. The summed E-state index contributed by atoms with van der Waals surface area (Å²) >= 11 is 0. The summed E-state index contributed by atoms with van der Waals surface area (Å²) in [5.74, 6) is 0.330. The van der Waals surface area contributed by atoms with Crippen molar-refractivity contribution in [2.24, 2.45) is 0 Å². The van der Waals surface area contributed by atoms with Crippen LogP contribution in [0.25, 0.3) is 10.9 Å². The van der Waals surface area contributed by atoms with Crippen molar-refractivity contribution in [1.82, 2.24) is 9.88 Å². The lowest BCUT2D eigenvalue weighted by molar-refractivity contribution is 0.254. The molecular weight excluding hydrogens is 304 g/mol. The van der Waals surface area contributed by atoms with E-state index in [1.807, 2.05) is 6.08 Å². The molecule has 0 fully saturated rings. The number of benzene rings is 2. The standard InChI is InChI=1S/C23H24N2/c1-3-9-20-22-18(4-2)15-25(14-17-10-6-5-7-11-17)16-19-12-8-13-21(24-20)23(19)22/h3-8,10-13,18,24H,1-2,9,14-16H2. The van der Waals surface area contributed by atoms with Crippen LogP contribution in [-0.2, 0) is 19.5 Å². The summed E-state index contributed by atoms with van der Waals surface area (Å²) in [5, 5.41) is 1.39. The molecule has 2 heteroatoms. The zero-order valence-corrected chi connectivity index (χ0v) is 14.5. The largest absolute Gasteiger partial charge is 0.358 e. The molecule has 1 aliphatic heterocycles. The topological polar surface area (TPSA) is 19.0 Å². The molecule has 4 rings (SSSR count). The predicted octanol–water partition coefficient (Wildman–Crippen LogP) is 5.18. The highest BCUT2D eigenvalue weighted by atomic mass is 15.1. The normalized spacial score (nSPS) is 17.4. The summed E-state index contributed by atoms with van der Waals surface area (Å²) in [5.41, 5.74) is 6.69. The van der Waals surface area contributed by atoms with Crippen molar-refractivity contribution in [1.29, 1.82) is 0 Å². The third kappa shape index (κ3) is 2.94. The SMILES string of the molecule is C=CCc1[nH]c2cccc3c2c1C(C=C)CN(Cc1ccccc1)C3. The molecule has 1 aliphatic rings. The quantitative estimate of drug-likeness (QED) is 0.639. The number of allylic oxidation sites excluding steroid dienone is 1. The van der Waals surface area contributed by atoms with Gasteiger partial charge in [-0.25, -0.2) is 0 Å². The van der Waals surface area contributed by atoms with Crippen LogP contribution < -0.4 is 0 Å². The Labute approximate surface area is 149 Å². The van der Waals surface area contributed by atoms with Gasteiger partial charge in [-0.2, -0.15) is 0 Å². The number of rotatable bonds is 5. The Morgan fingerprint density at radius 3 is 2.68 bits per heavy atom. The van der Waals surface area contributed by atoms with Gasteiger partial charge in [-0.15, -0.1) is 13.2 Å². The average molecular weight is 328 g/mol. The Bertz CT molecular complexity index is 904. The highest BCUT2D eigenvalue weighted by Gasteiger charge is 2.26. The third-order valence-corrected chi connectivity index (χ3v) is 5.13. The molecule has 1 unspecified atom stereocenters. The number of hydrogen-bond acceptors (Lipinski definition) is 1. The molecule has 1 N–H and O–H groups in total. The Morgan fingerprint density at radius 1 is 1.08 bits per heavy atom. The van der Waals surface area contributed by atoms with Gasteiger partial charge in [0.2, 0.25) is 0 Å². The molecule has 25 heavy (non-hydrogen) atoms. The number of hydrogen-bond donors (Lipinski definition) is 1. The first-order valence-electron chi connectivity index (χ1n) is 8.92. The molecule has 0 amide bonds. The van der Waals surface area contributed by atoms with Crippen LogP contribution in [0.2, 0.25) is 0 Å². The van der Waals surface area contributed by atoms with Gasteiger partial charge in [-0.05, 0) is 22.8 Å². The average Bonchev–Trinajstić information content (AvgIpc) is 2.90. The zero-order valence-electron chi connectivity index (χ0n) is 14.5. The van der Waals surface area contributed by atoms with Gasteiger partial charge in [-0.1, -0.05) is 54.6 Å². The maximum absolute atomic E-state index is 4.14. The Morgan fingerprint density at radius 2 is 1.92 bits per heavy atom. The number of nitrogens with zero attached hydrogens (tertiary/aromatic N) is 1. The van der Waals surface area contributed by atoms with Crippen molar-refractivity contribution in [3.8, 4) is 0 Å². The van der Waals surface area contributed by atoms with Crippen molar-refractivity contribution in [3.63, 3.8) is 0 Å². The minimum atomic E-state index is 0.330. The number of nitrogens with one attached hydrogen (secondary N) is 1. The Kier molecular flexibility index (Phi) is 4.29. The van der Waals surface area contributed by atoms with E-state index in [0.717, 1.165) is 26.1 Å². The van der Waals surface area contributed by atoms with Crippen LogP contribution in [0.15, 0.2) is 73.8 Å². The first-order valence-corrected chi connectivity index (χ1v) is 8.92. The maximum Gasteiger partial charge on any atom is 0.0462 e. The Balaban J connectivity index is 1.78. The van der Waals surface area contributed by atoms with Gasteiger partial charge in [0.1, 0.15) is 0 Å². The van der Waals surface area contributed by atoms with Gasteiger partial charge in [0.15, 0.2) is 0 Å². The molecule has 0 bridgehead atoms. The number of aromatic nitrogens is 1. The fraction of sp³-hybridized carbons (Fsp3) is 0.217. The van der Waals surface area contributed by atoms with E-state index in [2.05, 4.69) is 77.6 Å². The molecule has 0 spiro atoms. The molecule has 2 heterocycles. The van der Waals surface area contributed by atoms with Crippen LogP contribution >= 0.6 is 0 Å². The summed E-state index contributed by atoms with van der Waals surface area (Å²) in [6.07, 6.45) is 4.95. The molecule has 0 radical (unpaired) electrons. The van der Waals surface area contributed by atoms with E-state index in [-0.39, 0.29) is 0 Å². The van der Waals surface area contributed by atoms with Crippen LogP contribution in [0.3, 0.4) is 0 Å². The summed E-state index contributed by atoms with van der Waals surface area (Å²) in [4.78, 5) is 6.15. The van der Waals surface area contributed by atoms with E-state index in [9.17, 15) is 0 Å². The summed E-state index contributed by atoms with van der Waals surface area (Å²) < 4.78 is 0. The first-order chi connectivity index (χ1) is 12.3. The molecule has 0 aliphatic carbocycles. The van der Waals surface area contributed by atoms with Crippen molar-refractivity contribution in [3.05, 3.63) is 96.2 Å². The van der Waals surface area contributed by atoms with Crippen LogP contribution in [0, 0.1) is 0 Å². The second-order valence-electron chi connectivity index (χ2n) is 6.85. The highest BCUT2D eigenvalue weighted by molar-refractivity contribution is 5.89. The van der Waals surface area contributed by atoms with Crippen molar-refractivity contribution >= 4 is 10.9 Å². The zero-order chi connectivity index (χ0) is 17.2. The van der Waals surface area contributed by atoms with Crippen LogP contribution in [0.1, 0.15) is 28.3 Å². The second-order valence-corrected chi connectivity index (χ2v) is 6.85. The fourth-order valence-electron chi connectivity index (χ4n) is 4.08. The molecule has 2 nitrogen and oxygen atoms in total. The van der Waals surface area contributed by atoms with Gasteiger partial charge >= 0.3 is 0 Å². The van der Waals surface area contributed by atoms with E-state index in [1.54, 1.807) is 0 Å². The summed E-state index contributed by atoms with van der Waals surface area (Å²) in [6, 6.07) is 17.3. The van der Waals surface area contributed by atoms with Crippen LogP contribution in [0.5, 0.6) is 0 Å². The molecule has 0 saturated heterocycles. The van der Waals surface area contributed by atoms with Gasteiger partial charge < -0.3 is 4.98 Å². The molecule has 3 aromatic rings. The van der Waals surface area contributed by atoms with Gasteiger partial charge in [0.05, 0.1) is 0 Å². The first kappa shape index (κ1) is 15.9.